The number of aliphatic hydroxyl groups is 1. The smallest absolute Gasteiger partial charge is 0.159 e. The summed E-state index contributed by atoms with van der Waals surface area (Å²) in [6.07, 6.45) is -0.939. The molecule has 0 amide bonds. The second-order valence-electron chi connectivity index (χ2n) is 5.57. The molecule has 0 spiro atoms. The molecule has 3 atom stereocenters. The van der Waals surface area contributed by atoms with E-state index in [-0.39, 0.29) is 12.1 Å². The maximum atomic E-state index is 13.3. The van der Waals surface area contributed by atoms with Gasteiger partial charge in [-0.25, -0.2) is 8.78 Å². The number of rotatable bonds is 6. The van der Waals surface area contributed by atoms with E-state index in [0.29, 0.717) is 5.56 Å². The number of hydrogen-bond acceptors (Lipinski definition) is 3. The molecule has 124 valence electrons. The maximum absolute atomic E-state index is 13.3. The van der Waals surface area contributed by atoms with Crippen molar-refractivity contribution in [2.24, 2.45) is 0 Å². The molecule has 2 N–H and O–H groups in total. The first-order valence-corrected chi connectivity index (χ1v) is 7.45. The lowest BCUT2D eigenvalue weighted by Gasteiger charge is -2.25. The van der Waals surface area contributed by atoms with Crippen LogP contribution >= 0.6 is 0 Å². The van der Waals surface area contributed by atoms with E-state index in [1.807, 2.05) is 31.2 Å². The van der Waals surface area contributed by atoms with Crippen LogP contribution in [0.3, 0.4) is 0 Å². The van der Waals surface area contributed by atoms with Crippen LogP contribution in [0.15, 0.2) is 42.5 Å². The van der Waals surface area contributed by atoms with Crippen molar-refractivity contribution in [2.45, 2.75) is 32.0 Å². The summed E-state index contributed by atoms with van der Waals surface area (Å²) >= 11 is 0. The monoisotopic (exact) mass is 321 g/mol. The van der Waals surface area contributed by atoms with Crippen LogP contribution in [0.5, 0.6) is 5.75 Å². The molecule has 0 aliphatic heterocycles. The van der Waals surface area contributed by atoms with Crippen LogP contribution in [-0.4, -0.2) is 18.3 Å². The Labute approximate surface area is 134 Å². The molecule has 0 saturated carbocycles. The summed E-state index contributed by atoms with van der Waals surface area (Å²) in [5.41, 5.74) is 1.38. The van der Waals surface area contributed by atoms with Gasteiger partial charge in [-0.2, -0.15) is 0 Å². The fourth-order valence-corrected chi connectivity index (χ4v) is 2.46. The normalized spacial score (nSPS) is 15.0. The molecule has 5 heteroatoms. The van der Waals surface area contributed by atoms with Gasteiger partial charge in [0.15, 0.2) is 11.6 Å². The number of methoxy groups -OCH3 is 1. The Kier molecular flexibility index (Phi) is 5.69. The van der Waals surface area contributed by atoms with Crippen LogP contribution in [0.2, 0.25) is 0 Å². The number of hydrogen-bond donors (Lipinski definition) is 2. The van der Waals surface area contributed by atoms with E-state index in [1.165, 1.54) is 6.07 Å². The quantitative estimate of drug-likeness (QED) is 0.851. The Hall–Kier alpha value is -1.98. The molecular formula is C18H21F2NO2. The molecule has 0 aromatic heterocycles. The van der Waals surface area contributed by atoms with E-state index >= 15 is 0 Å². The minimum absolute atomic E-state index is 0.0177. The minimum atomic E-state index is -0.961. The third-order valence-corrected chi connectivity index (χ3v) is 3.89. The number of aliphatic hydroxyl groups excluding tert-OH is 1. The molecule has 0 heterocycles. The van der Waals surface area contributed by atoms with E-state index in [2.05, 4.69) is 5.32 Å². The minimum Gasteiger partial charge on any atom is -0.497 e. The summed E-state index contributed by atoms with van der Waals surface area (Å²) in [5, 5.41) is 13.6. The SMILES string of the molecule is COc1ccc(C(C)NC(C)C(O)c2ccc(F)c(F)c2)cc1. The van der Waals surface area contributed by atoms with Gasteiger partial charge in [0.25, 0.3) is 0 Å². The molecule has 0 bridgehead atoms. The van der Waals surface area contributed by atoms with Gasteiger partial charge in [0.1, 0.15) is 5.75 Å². The van der Waals surface area contributed by atoms with Gasteiger partial charge in [0.2, 0.25) is 0 Å². The highest BCUT2D eigenvalue weighted by molar-refractivity contribution is 5.29. The lowest BCUT2D eigenvalue weighted by molar-refractivity contribution is 0.130. The molecule has 0 radical (unpaired) electrons. The van der Waals surface area contributed by atoms with Gasteiger partial charge in [-0.15, -0.1) is 0 Å². The van der Waals surface area contributed by atoms with Crippen molar-refractivity contribution in [2.75, 3.05) is 7.11 Å². The van der Waals surface area contributed by atoms with Crippen LogP contribution in [0.25, 0.3) is 0 Å². The number of nitrogens with one attached hydrogen (secondary N) is 1. The van der Waals surface area contributed by atoms with E-state index in [4.69, 9.17) is 4.74 Å². The largest absolute Gasteiger partial charge is 0.497 e. The van der Waals surface area contributed by atoms with Crippen molar-refractivity contribution in [3.05, 3.63) is 65.2 Å². The van der Waals surface area contributed by atoms with Crippen molar-refractivity contribution >= 4 is 0 Å². The molecule has 0 saturated heterocycles. The van der Waals surface area contributed by atoms with E-state index in [9.17, 15) is 13.9 Å². The zero-order valence-corrected chi connectivity index (χ0v) is 13.4. The van der Waals surface area contributed by atoms with E-state index in [1.54, 1.807) is 14.0 Å². The maximum Gasteiger partial charge on any atom is 0.159 e. The van der Waals surface area contributed by atoms with Gasteiger partial charge >= 0.3 is 0 Å². The first-order chi connectivity index (χ1) is 10.9. The average molecular weight is 321 g/mol. The summed E-state index contributed by atoms with van der Waals surface area (Å²) in [7, 11) is 1.61. The van der Waals surface area contributed by atoms with Crippen molar-refractivity contribution in [1.29, 1.82) is 0 Å². The Morgan fingerprint density at radius 1 is 0.957 bits per heavy atom. The number of benzene rings is 2. The third-order valence-electron chi connectivity index (χ3n) is 3.89. The lowest BCUT2D eigenvalue weighted by Crippen LogP contribution is -2.34. The molecule has 0 aliphatic rings. The molecule has 3 unspecified atom stereocenters. The summed E-state index contributed by atoms with van der Waals surface area (Å²) in [5.74, 6) is -1.11. The summed E-state index contributed by atoms with van der Waals surface area (Å²) in [6, 6.07) is 10.7. The Morgan fingerprint density at radius 2 is 1.57 bits per heavy atom. The highest BCUT2D eigenvalue weighted by Crippen LogP contribution is 2.23. The van der Waals surface area contributed by atoms with Gasteiger partial charge in [-0.05, 0) is 49.2 Å². The van der Waals surface area contributed by atoms with Crippen molar-refractivity contribution in [3.63, 3.8) is 0 Å². The molecule has 0 aliphatic carbocycles. The number of ether oxygens (including phenoxy) is 1. The molecule has 0 fully saturated rings. The van der Waals surface area contributed by atoms with E-state index < -0.39 is 17.7 Å². The first kappa shape index (κ1) is 17.4. The Balaban J connectivity index is 2.04. The summed E-state index contributed by atoms with van der Waals surface area (Å²) in [6.45, 7) is 3.77. The molecule has 23 heavy (non-hydrogen) atoms. The summed E-state index contributed by atoms with van der Waals surface area (Å²) in [4.78, 5) is 0. The zero-order chi connectivity index (χ0) is 17.0. The van der Waals surface area contributed by atoms with Gasteiger partial charge < -0.3 is 15.2 Å². The summed E-state index contributed by atoms with van der Waals surface area (Å²) < 4.78 is 31.4. The average Bonchev–Trinajstić information content (AvgIpc) is 2.56. The highest BCUT2D eigenvalue weighted by Gasteiger charge is 2.20. The highest BCUT2D eigenvalue weighted by atomic mass is 19.2. The fraction of sp³-hybridized carbons (Fsp3) is 0.333. The Bertz CT molecular complexity index is 646. The number of halogens is 2. The second-order valence-corrected chi connectivity index (χ2v) is 5.57. The van der Waals surface area contributed by atoms with Gasteiger partial charge in [-0.1, -0.05) is 18.2 Å². The predicted molar refractivity (Wildman–Crippen MR) is 85.3 cm³/mol. The van der Waals surface area contributed by atoms with Gasteiger partial charge in [0, 0.05) is 12.1 Å². The standard InChI is InChI=1S/C18H21F2NO2/c1-11(13-4-7-15(23-3)8-5-13)21-12(2)18(22)14-6-9-16(19)17(20)10-14/h4-12,18,21-22H,1-3H3. The van der Waals surface area contributed by atoms with Crippen LogP contribution in [0, 0.1) is 11.6 Å². The topological polar surface area (TPSA) is 41.5 Å². The molecule has 2 aromatic rings. The lowest BCUT2D eigenvalue weighted by atomic mass is 10.0. The molecule has 2 aromatic carbocycles. The van der Waals surface area contributed by atoms with Crippen LogP contribution in [0.4, 0.5) is 8.78 Å². The van der Waals surface area contributed by atoms with E-state index in [0.717, 1.165) is 23.4 Å². The first-order valence-electron chi connectivity index (χ1n) is 7.45. The molecule has 3 nitrogen and oxygen atoms in total. The second kappa shape index (κ2) is 7.53. The van der Waals surface area contributed by atoms with Crippen molar-refractivity contribution < 1.29 is 18.6 Å². The molecular weight excluding hydrogens is 300 g/mol. The Morgan fingerprint density at radius 3 is 2.13 bits per heavy atom. The van der Waals surface area contributed by atoms with Crippen LogP contribution < -0.4 is 10.1 Å². The van der Waals surface area contributed by atoms with Gasteiger partial charge in [0.05, 0.1) is 13.2 Å². The van der Waals surface area contributed by atoms with Gasteiger partial charge in [-0.3, -0.25) is 0 Å². The van der Waals surface area contributed by atoms with Crippen molar-refractivity contribution in [1.82, 2.24) is 5.32 Å². The molecule has 2 rings (SSSR count). The van der Waals surface area contributed by atoms with Crippen LogP contribution in [-0.2, 0) is 0 Å². The zero-order valence-electron chi connectivity index (χ0n) is 13.4. The predicted octanol–water partition coefficient (Wildman–Crippen LogP) is 3.75. The fourth-order valence-electron chi connectivity index (χ4n) is 2.46. The van der Waals surface area contributed by atoms with Crippen molar-refractivity contribution in [3.8, 4) is 5.75 Å². The van der Waals surface area contributed by atoms with Crippen LogP contribution in [0.1, 0.15) is 37.1 Å². The third kappa shape index (κ3) is 4.27.